The zero-order valence-corrected chi connectivity index (χ0v) is 12.1. The van der Waals surface area contributed by atoms with E-state index >= 15 is 0 Å². The van der Waals surface area contributed by atoms with E-state index in [1.807, 2.05) is 11.8 Å². The van der Waals surface area contributed by atoms with Crippen molar-refractivity contribution in [1.82, 2.24) is 4.90 Å². The molecule has 1 amide bonds. The molecule has 2 unspecified atom stereocenters. The lowest BCUT2D eigenvalue weighted by molar-refractivity contribution is -0.136. The third-order valence-corrected chi connectivity index (χ3v) is 4.93. The van der Waals surface area contributed by atoms with Crippen LogP contribution < -0.4 is 0 Å². The van der Waals surface area contributed by atoms with E-state index < -0.39 is 0 Å². The van der Waals surface area contributed by atoms with Crippen molar-refractivity contribution >= 4 is 6.09 Å². The van der Waals surface area contributed by atoms with Crippen LogP contribution in [0.2, 0.25) is 0 Å². The van der Waals surface area contributed by atoms with E-state index in [4.69, 9.17) is 4.74 Å². The Morgan fingerprint density at radius 2 is 2.11 bits per heavy atom. The molecule has 1 saturated carbocycles. The molecule has 2 atom stereocenters. The molecule has 1 saturated heterocycles. The molecule has 18 heavy (non-hydrogen) atoms. The maximum atomic E-state index is 12.0. The van der Waals surface area contributed by atoms with Gasteiger partial charge in [-0.15, -0.1) is 0 Å². The molecule has 1 heterocycles. The molecule has 3 heteroatoms. The van der Waals surface area contributed by atoms with Crippen LogP contribution in [0.15, 0.2) is 0 Å². The van der Waals surface area contributed by atoms with E-state index in [2.05, 4.69) is 13.8 Å². The van der Waals surface area contributed by atoms with Gasteiger partial charge in [0.05, 0.1) is 6.61 Å². The lowest BCUT2D eigenvalue weighted by atomic mass is 9.54. The van der Waals surface area contributed by atoms with Crippen molar-refractivity contribution in [3.8, 4) is 0 Å². The minimum absolute atomic E-state index is 0.0884. The summed E-state index contributed by atoms with van der Waals surface area (Å²) in [5.74, 6) is 0.661. The summed E-state index contributed by atoms with van der Waals surface area (Å²) in [4.78, 5) is 14.0. The summed E-state index contributed by atoms with van der Waals surface area (Å²) in [6, 6.07) is 0.454. The number of likely N-dealkylation sites (tertiary alicyclic amines) is 1. The minimum atomic E-state index is -0.0884. The first-order valence-electron chi connectivity index (χ1n) is 7.62. The average molecular weight is 253 g/mol. The van der Waals surface area contributed by atoms with Crippen LogP contribution in [-0.4, -0.2) is 30.2 Å². The summed E-state index contributed by atoms with van der Waals surface area (Å²) in [5.41, 5.74) is 0.461. The van der Waals surface area contributed by atoms with Crippen molar-refractivity contribution in [2.45, 2.75) is 65.3 Å². The van der Waals surface area contributed by atoms with Crippen LogP contribution in [0.5, 0.6) is 0 Å². The van der Waals surface area contributed by atoms with Crippen molar-refractivity contribution in [2.24, 2.45) is 11.3 Å². The predicted octanol–water partition coefficient (Wildman–Crippen LogP) is 3.82. The number of amides is 1. The maximum Gasteiger partial charge on any atom is 0.410 e. The van der Waals surface area contributed by atoms with Crippen molar-refractivity contribution < 1.29 is 9.53 Å². The Balaban J connectivity index is 2.06. The Labute approximate surface area is 111 Å². The average Bonchev–Trinajstić information content (AvgIpc) is 2.25. The van der Waals surface area contributed by atoms with Crippen molar-refractivity contribution in [3.05, 3.63) is 0 Å². The molecule has 0 radical (unpaired) electrons. The van der Waals surface area contributed by atoms with E-state index in [-0.39, 0.29) is 6.09 Å². The number of carbonyl (C=O) groups is 1. The van der Waals surface area contributed by atoms with Crippen molar-refractivity contribution in [3.63, 3.8) is 0 Å². The van der Waals surface area contributed by atoms with Gasteiger partial charge in [0, 0.05) is 18.0 Å². The maximum absolute atomic E-state index is 12.0. The molecule has 3 nitrogen and oxygen atoms in total. The Kier molecular flexibility index (Phi) is 4.18. The van der Waals surface area contributed by atoms with E-state index in [1.165, 1.54) is 38.5 Å². The van der Waals surface area contributed by atoms with Gasteiger partial charge in [-0.2, -0.15) is 0 Å². The number of carbonyl (C=O) groups excluding carboxylic acids is 1. The molecule has 0 aromatic carbocycles. The van der Waals surface area contributed by atoms with Gasteiger partial charge >= 0.3 is 6.09 Å². The number of hydrogen-bond acceptors (Lipinski definition) is 2. The SMILES string of the molecule is CCCC(CC)C1N(C(=O)OCC)CC12CCC2. The Bertz CT molecular complexity index is 299. The first-order valence-corrected chi connectivity index (χ1v) is 7.62. The second kappa shape index (κ2) is 5.50. The van der Waals surface area contributed by atoms with Crippen LogP contribution in [0.1, 0.15) is 59.3 Å². The summed E-state index contributed by atoms with van der Waals surface area (Å²) in [6.07, 6.45) is 7.50. The zero-order valence-electron chi connectivity index (χ0n) is 12.1. The number of nitrogens with zero attached hydrogens (tertiary/aromatic N) is 1. The molecule has 0 bridgehead atoms. The topological polar surface area (TPSA) is 29.5 Å². The smallest absolute Gasteiger partial charge is 0.410 e. The minimum Gasteiger partial charge on any atom is -0.450 e. The molecule has 0 N–H and O–H groups in total. The predicted molar refractivity (Wildman–Crippen MR) is 72.5 cm³/mol. The summed E-state index contributed by atoms with van der Waals surface area (Å²) in [6.45, 7) is 7.81. The third kappa shape index (κ3) is 2.12. The van der Waals surface area contributed by atoms with Crippen molar-refractivity contribution in [1.29, 1.82) is 0 Å². The van der Waals surface area contributed by atoms with E-state index in [0.29, 0.717) is 24.0 Å². The van der Waals surface area contributed by atoms with E-state index in [9.17, 15) is 4.79 Å². The second-order valence-electron chi connectivity index (χ2n) is 5.94. The van der Waals surface area contributed by atoms with E-state index in [0.717, 1.165) is 6.54 Å². The lowest BCUT2D eigenvalue weighted by Crippen LogP contribution is -2.71. The number of ether oxygens (including phenoxy) is 1. The van der Waals surface area contributed by atoms with Gasteiger partial charge in [-0.1, -0.05) is 33.1 Å². The highest BCUT2D eigenvalue weighted by molar-refractivity contribution is 5.70. The van der Waals surface area contributed by atoms with Gasteiger partial charge in [-0.25, -0.2) is 4.79 Å². The molecule has 1 aliphatic heterocycles. The second-order valence-corrected chi connectivity index (χ2v) is 5.94. The first kappa shape index (κ1) is 13.7. The highest BCUT2D eigenvalue weighted by Crippen LogP contribution is 2.56. The van der Waals surface area contributed by atoms with Gasteiger partial charge in [0.1, 0.15) is 0 Å². The summed E-state index contributed by atoms with van der Waals surface area (Å²) >= 11 is 0. The van der Waals surface area contributed by atoms with Gasteiger partial charge in [0.25, 0.3) is 0 Å². The Morgan fingerprint density at radius 3 is 2.56 bits per heavy atom. The number of rotatable bonds is 5. The zero-order chi connectivity index (χ0) is 13.2. The van der Waals surface area contributed by atoms with Gasteiger partial charge < -0.3 is 9.64 Å². The fourth-order valence-electron chi connectivity index (χ4n) is 3.93. The first-order chi connectivity index (χ1) is 8.68. The highest BCUT2D eigenvalue weighted by Gasteiger charge is 2.59. The van der Waals surface area contributed by atoms with Crippen molar-refractivity contribution in [2.75, 3.05) is 13.2 Å². The Morgan fingerprint density at radius 1 is 1.39 bits per heavy atom. The van der Waals surface area contributed by atoms with Gasteiger partial charge in [-0.05, 0) is 32.1 Å². The molecular formula is C15H27NO2. The largest absolute Gasteiger partial charge is 0.450 e. The molecule has 104 valence electrons. The van der Waals surface area contributed by atoms with Crippen LogP contribution in [0.25, 0.3) is 0 Å². The quantitative estimate of drug-likeness (QED) is 0.745. The number of hydrogen-bond donors (Lipinski definition) is 0. The molecule has 1 spiro atoms. The van der Waals surface area contributed by atoms with Crippen LogP contribution in [-0.2, 0) is 4.74 Å². The van der Waals surface area contributed by atoms with Gasteiger partial charge in [0.15, 0.2) is 0 Å². The lowest BCUT2D eigenvalue weighted by Gasteiger charge is -2.64. The highest BCUT2D eigenvalue weighted by atomic mass is 16.6. The van der Waals surface area contributed by atoms with E-state index in [1.54, 1.807) is 0 Å². The van der Waals surface area contributed by atoms with Gasteiger partial charge in [0.2, 0.25) is 0 Å². The van der Waals surface area contributed by atoms with Crippen LogP contribution in [0, 0.1) is 11.3 Å². The monoisotopic (exact) mass is 253 g/mol. The summed E-state index contributed by atoms with van der Waals surface area (Å²) < 4.78 is 5.20. The molecule has 2 rings (SSSR count). The molecular weight excluding hydrogens is 226 g/mol. The van der Waals surface area contributed by atoms with Gasteiger partial charge in [-0.3, -0.25) is 0 Å². The molecule has 2 fully saturated rings. The normalized spacial score (nSPS) is 26.4. The molecule has 0 aromatic heterocycles. The molecule has 2 aliphatic rings. The summed E-state index contributed by atoms with van der Waals surface area (Å²) in [5, 5.41) is 0. The fourth-order valence-corrected chi connectivity index (χ4v) is 3.93. The van der Waals surface area contributed by atoms with Crippen LogP contribution in [0.4, 0.5) is 4.79 Å². The van der Waals surface area contributed by atoms with Crippen LogP contribution >= 0.6 is 0 Å². The van der Waals surface area contributed by atoms with Crippen LogP contribution in [0.3, 0.4) is 0 Å². The summed E-state index contributed by atoms with van der Waals surface area (Å²) in [7, 11) is 0. The Hall–Kier alpha value is -0.730. The molecule has 0 aromatic rings. The molecule has 1 aliphatic carbocycles. The standard InChI is InChI=1S/C15H27NO2/c1-4-8-12(5-2)13-15(9-7-10-15)11-16(13)14(17)18-6-3/h12-13H,4-11H2,1-3H3. The third-order valence-electron chi connectivity index (χ3n) is 4.93. The fraction of sp³-hybridized carbons (Fsp3) is 0.933.